The van der Waals surface area contributed by atoms with Gasteiger partial charge in [-0.05, 0) is 51.2 Å². The number of carbonyl (C=O) groups excluding carboxylic acids is 1. The van der Waals surface area contributed by atoms with Crippen LogP contribution in [0.25, 0.3) is 10.2 Å². The van der Waals surface area contributed by atoms with Crippen LogP contribution >= 0.6 is 11.3 Å². The first kappa shape index (κ1) is 26.8. The van der Waals surface area contributed by atoms with Gasteiger partial charge in [-0.2, -0.15) is 4.31 Å². The molecule has 0 N–H and O–H groups in total. The number of sulfonamides is 1. The van der Waals surface area contributed by atoms with Gasteiger partial charge in [-0.25, -0.2) is 13.4 Å². The number of aromatic nitrogens is 1. The Balaban J connectivity index is 1.39. The summed E-state index contributed by atoms with van der Waals surface area (Å²) in [7, 11) is 1.74. The number of ether oxygens (including phenoxy) is 3. The van der Waals surface area contributed by atoms with E-state index in [4.69, 9.17) is 19.2 Å². The number of anilines is 1. The summed E-state index contributed by atoms with van der Waals surface area (Å²) in [5, 5.41) is 0.558. The summed E-state index contributed by atoms with van der Waals surface area (Å²) < 4.78 is 45.3. The summed E-state index contributed by atoms with van der Waals surface area (Å²) >= 11 is 1.40. The third kappa shape index (κ3) is 5.64. The highest BCUT2D eigenvalue weighted by Crippen LogP contribution is 2.39. The van der Waals surface area contributed by atoms with Crippen LogP contribution in [0.3, 0.4) is 0 Å². The second-order valence-corrected chi connectivity index (χ2v) is 12.7. The number of hydrogen-bond donors (Lipinski definition) is 0. The molecule has 2 aliphatic heterocycles. The molecule has 0 saturated carbocycles. The molecule has 1 aromatic heterocycles. The maximum atomic E-state index is 13.7. The maximum Gasteiger partial charge on any atom is 0.260 e. The molecule has 0 radical (unpaired) electrons. The molecule has 1 atom stereocenters. The van der Waals surface area contributed by atoms with E-state index in [1.54, 1.807) is 24.1 Å². The molecular weight excluding hydrogens is 528 g/mol. The zero-order valence-electron chi connectivity index (χ0n) is 21.8. The van der Waals surface area contributed by atoms with Gasteiger partial charge in [0, 0.05) is 51.0 Å². The molecule has 0 spiro atoms. The van der Waals surface area contributed by atoms with Gasteiger partial charge >= 0.3 is 0 Å². The van der Waals surface area contributed by atoms with Crippen LogP contribution in [0.2, 0.25) is 0 Å². The van der Waals surface area contributed by atoms with Crippen molar-refractivity contribution in [1.29, 1.82) is 0 Å². The van der Waals surface area contributed by atoms with E-state index in [9.17, 15) is 13.2 Å². The number of hydrogen-bond acceptors (Lipinski definition) is 9. The van der Waals surface area contributed by atoms with Crippen molar-refractivity contribution in [2.75, 3.05) is 65.5 Å². The molecule has 3 heterocycles. The lowest BCUT2D eigenvalue weighted by atomic mass is 10.2. The van der Waals surface area contributed by atoms with E-state index in [0.717, 1.165) is 23.1 Å². The van der Waals surface area contributed by atoms with Gasteiger partial charge in [-0.1, -0.05) is 11.3 Å². The molecule has 1 amide bonds. The number of rotatable bonds is 9. The average Bonchev–Trinajstić information content (AvgIpc) is 3.56. The lowest BCUT2D eigenvalue weighted by Gasteiger charge is -2.22. The fraction of sp³-hybridized carbons (Fsp3) is 0.462. The minimum Gasteiger partial charge on any atom is -0.486 e. The van der Waals surface area contributed by atoms with Crippen molar-refractivity contribution in [3.05, 3.63) is 42.0 Å². The van der Waals surface area contributed by atoms with Gasteiger partial charge in [0.05, 0.1) is 21.2 Å². The molecule has 10 nitrogen and oxygen atoms in total. The molecule has 1 fully saturated rings. The third-order valence-electron chi connectivity index (χ3n) is 6.58. The lowest BCUT2D eigenvalue weighted by molar-refractivity contribution is 0.0978. The van der Waals surface area contributed by atoms with Crippen molar-refractivity contribution in [2.45, 2.75) is 23.8 Å². The zero-order valence-corrected chi connectivity index (χ0v) is 23.4. The molecule has 5 rings (SSSR count). The average molecular weight is 561 g/mol. The molecule has 2 aliphatic rings. The molecular formula is C26H32N4O6S2. The lowest BCUT2D eigenvalue weighted by Crippen LogP contribution is -2.37. The monoisotopic (exact) mass is 560 g/mol. The van der Waals surface area contributed by atoms with Gasteiger partial charge in [0.25, 0.3) is 5.91 Å². The van der Waals surface area contributed by atoms with Crippen LogP contribution in [0.5, 0.6) is 11.5 Å². The minimum atomic E-state index is -3.70. The number of thiazole rings is 1. The van der Waals surface area contributed by atoms with E-state index in [1.807, 2.05) is 31.1 Å². The maximum absolute atomic E-state index is 13.7. The van der Waals surface area contributed by atoms with Gasteiger partial charge in [0.15, 0.2) is 16.6 Å². The van der Waals surface area contributed by atoms with Crippen molar-refractivity contribution in [2.24, 2.45) is 0 Å². The summed E-state index contributed by atoms with van der Waals surface area (Å²) in [5.74, 6) is 1.07. The smallest absolute Gasteiger partial charge is 0.260 e. The molecule has 12 heteroatoms. The summed E-state index contributed by atoms with van der Waals surface area (Å²) in [6.45, 7) is 3.00. The predicted octanol–water partition coefficient (Wildman–Crippen LogP) is 3.08. The molecule has 0 bridgehead atoms. The van der Waals surface area contributed by atoms with Crippen molar-refractivity contribution in [3.8, 4) is 11.5 Å². The predicted molar refractivity (Wildman–Crippen MR) is 146 cm³/mol. The van der Waals surface area contributed by atoms with E-state index >= 15 is 0 Å². The van der Waals surface area contributed by atoms with Gasteiger partial charge < -0.3 is 19.1 Å². The topological polar surface area (TPSA) is 102 Å². The minimum absolute atomic E-state index is 0.0848. The Hall–Kier alpha value is -2.77. The van der Waals surface area contributed by atoms with Crippen LogP contribution in [0.4, 0.5) is 5.13 Å². The molecule has 38 heavy (non-hydrogen) atoms. The van der Waals surface area contributed by atoms with E-state index in [-0.39, 0.29) is 16.9 Å². The van der Waals surface area contributed by atoms with Gasteiger partial charge in [-0.3, -0.25) is 9.69 Å². The number of likely N-dealkylation sites (N-methyl/N-ethyl adjacent to an activating group) is 2. The van der Waals surface area contributed by atoms with Gasteiger partial charge in [0.2, 0.25) is 10.0 Å². The second-order valence-electron chi connectivity index (χ2n) is 9.67. The number of carbonyl (C=O) groups is 1. The summed E-state index contributed by atoms with van der Waals surface area (Å²) in [6, 6.07) is 9.83. The number of nitrogens with zero attached hydrogens (tertiary/aromatic N) is 4. The van der Waals surface area contributed by atoms with Crippen LogP contribution in [0, 0.1) is 0 Å². The van der Waals surface area contributed by atoms with Crippen molar-refractivity contribution >= 4 is 42.6 Å². The standard InChI is InChI=1S/C26H32N4O6S2/c1-28(2)10-11-30(26-27-21-15-22-23(16-24(21)37-26)36-14-13-35-22)25(31)18-6-8-20(9-7-18)38(32,33)29(3)17-19-5-4-12-34-19/h6-9,15-16,19H,4-5,10-14,17H2,1-3H3. The second kappa shape index (κ2) is 11.1. The molecule has 1 saturated heterocycles. The molecule has 204 valence electrons. The molecule has 2 aromatic carbocycles. The summed E-state index contributed by atoms with van der Waals surface area (Å²) in [6.07, 6.45) is 1.71. The van der Waals surface area contributed by atoms with E-state index in [0.29, 0.717) is 61.6 Å². The van der Waals surface area contributed by atoms with Crippen LogP contribution in [0.15, 0.2) is 41.3 Å². The summed E-state index contributed by atoms with van der Waals surface area (Å²) in [4.78, 5) is 22.2. The highest BCUT2D eigenvalue weighted by atomic mass is 32.2. The SMILES string of the molecule is CN(C)CCN(C(=O)c1ccc(S(=O)(=O)N(C)CC2CCCO2)cc1)c1nc2cc3c(cc2s1)OCCO3. The fourth-order valence-electron chi connectivity index (χ4n) is 4.43. The molecule has 1 unspecified atom stereocenters. The Morgan fingerprint density at radius 1 is 1.03 bits per heavy atom. The number of benzene rings is 2. The Morgan fingerprint density at radius 2 is 1.74 bits per heavy atom. The van der Waals surface area contributed by atoms with Crippen molar-refractivity contribution in [1.82, 2.24) is 14.2 Å². The third-order valence-corrected chi connectivity index (χ3v) is 9.46. The first-order valence-corrected chi connectivity index (χ1v) is 14.8. The van der Waals surface area contributed by atoms with Gasteiger partial charge in [-0.15, -0.1) is 0 Å². The molecule has 3 aromatic rings. The van der Waals surface area contributed by atoms with Crippen LogP contribution in [0.1, 0.15) is 23.2 Å². The van der Waals surface area contributed by atoms with Crippen LogP contribution in [-0.4, -0.2) is 95.2 Å². The largest absolute Gasteiger partial charge is 0.486 e. The van der Waals surface area contributed by atoms with Gasteiger partial charge in [0.1, 0.15) is 13.2 Å². The van der Waals surface area contributed by atoms with E-state index < -0.39 is 10.0 Å². The van der Waals surface area contributed by atoms with Crippen molar-refractivity contribution in [3.63, 3.8) is 0 Å². The number of amides is 1. The van der Waals surface area contributed by atoms with Crippen molar-refractivity contribution < 1.29 is 27.4 Å². The van der Waals surface area contributed by atoms with E-state index in [2.05, 4.69) is 0 Å². The first-order chi connectivity index (χ1) is 18.2. The highest BCUT2D eigenvalue weighted by Gasteiger charge is 2.27. The Bertz CT molecular complexity index is 1360. The number of fused-ring (bicyclic) bond motifs is 2. The van der Waals surface area contributed by atoms with Crippen LogP contribution in [-0.2, 0) is 14.8 Å². The quantitative estimate of drug-likeness (QED) is 0.394. The Labute approximate surface area is 226 Å². The van der Waals surface area contributed by atoms with Crippen LogP contribution < -0.4 is 14.4 Å². The normalized spacial score (nSPS) is 17.4. The first-order valence-electron chi connectivity index (χ1n) is 12.6. The molecule has 0 aliphatic carbocycles. The Kier molecular flexibility index (Phi) is 7.87. The van der Waals surface area contributed by atoms with E-state index in [1.165, 1.54) is 27.8 Å². The fourth-order valence-corrected chi connectivity index (χ4v) is 6.63. The summed E-state index contributed by atoms with van der Waals surface area (Å²) in [5.41, 5.74) is 1.11. The highest BCUT2D eigenvalue weighted by molar-refractivity contribution is 7.89. The Morgan fingerprint density at radius 3 is 2.39 bits per heavy atom. The zero-order chi connectivity index (χ0) is 26.9.